The van der Waals surface area contributed by atoms with Gasteiger partial charge in [0.15, 0.2) is 29.4 Å². The van der Waals surface area contributed by atoms with Crippen LogP contribution in [0.15, 0.2) is 209 Å². The zero-order valence-corrected chi connectivity index (χ0v) is 34.4. The average Bonchev–Trinajstić information content (AvgIpc) is 3.01. The minimum absolute atomic E-state index is 0. The molecule has 53 heavy (non-hydrogen) atoms. The van der Waals surface area contributed by atoms with Gasteiger partial charge in [0.2, 0.25) is 0 Å². The summed E-state index contributed by atoms with van der Waals surface area (Å²) < 4.78 is 0. The third-order valence-electron chi connectivity index (χ3n) is 6.27. The molecule has 0 saturated heterocycles. The molecule has 6 aromatic rings. The van der Waals surface area contributed by atoms with E-state index in [1.165, 1.54) is 39.2 Å². The van der Waals surface area contributed by atoms with Crippen molar-refractivity contribution in [3.63, 3.8) is 0 Å². The summed E-state index contributed by atoms with van der Waals surface area (Å²) in [5.74, 6) is 0. The van der Waals surface area contributed by atoms with Crippen molar-refractivity contribution < 1.29 is 56.5 Å². The molecule has 0 bridgehead atoms. The molecule has 0 unspecified atom stereocenters. The molecule has 284 valence electrons. The van der Waals surface area contributed by atoms with Crippen molar-refractivity contribution in [2.24, 2.45) is 0 Å². The Morgan fingerprint density at radius 3 is 0.585 bits per heavy atom. The Balaban J connectivity index is -0.000000198. The van der Waals surface area contributed by atoms with Crippen molar-refractivity contribution in [1.82, 2.24) is 0 Å². The van der Waals surface area contributed by atoms with Gasteiger partial charge in [-0.05, 0) is 97.1 Å². The topological polar surface area (TPSA) is 0 Å². The standard InChI is InChI=1S/C36H28S3.12FH.2Sb/c1-5-13-31(14-6-1)38(32-15-7-2-8-16-32)35-25-21-29(22-26-35)37-30-23-27-36(28-24-30)39(33-17-9-3-10-18-33)34-19-11-4-12-20-34;;;;;;;;;;;;;;/h1-28H;12*1H;;/q+2;;;;;;;;;;;;;2*+5/p-12. The van der Waals surface area contributed by atoms with Gasteiger partial charge in [-0.15, -0.1) is 0 Å². The molecular formula is C36H28F12S3Sb2. The van der Waals surface area contributed by atoms with Crippen LogP contribution in [0.1, 0.15) is 0 Å². The zero-order valence-electron chi connectivity index (χ0n) is 26.8. The van der Waals surface area contributed by atoms with Crippen LogP contribution in [0.4, 0.5) is 0 Å². The van der Waals surface area contributed by atoms with Crippen LogP contribution in [-0.4, -0.2) is 48.9 Å². The van der Waals surface area contributed by atoms with Crippen LogP contribution in [0.25, 0.3) is 0 Å². The molecule has 6 aromatic carbocycles. The molecule has 0 aliphatic heterocycles. The van der Waals surface area contributed by atoms with Gasteiger partial charge in [-0.2, -0.15) is 0 Å². The first-order valence-electron chi connectivity index (χ1n) is 12.9. The van der Waals surface area contributed by atoms with E-state index in [9.17, 15) is 0 Å². The van der Waals surface area contributed by atoms with E-state index in [2.05, 4.69) is 170 Å². The molecule has 0 spiro atoms. The molecule has 0 nitrogen and oxygen atoms in total. The summed E-state index contributed by atoms with van der Waals surface area (Å²) in [6, 6.07) is 61.5. The van der Waals surface area contributed by atoms with E-state index in [1.54, 1.807) is 0 Å². The summed E-state index contributed by atoms with van der Waals surface area (Å²) in [7, 11) is -0.245. The van der Waals surface area contributed by atoms with Gasteiger partial charge in [0, 0.05) is 9.79 Å². The number of hydrogen-bond donors (Lipinski definition) is 0. The summed E-state index contributed by atoms with van der Waals surface area (Å²) in [4.78, 5) is 10.5. The third kappa shape index (κ3) is 18.4. The van der Waals surface area contributed by atoms with Crippen LogP contribution >= 0.6 is 11.8 Å². The van der Waals surface area contributed by atoms with Crippen molar-refractivity contribution in [3.05, 3.63) is 170 Å². The van der Waals surface area contributed by atoms with Crippen molar-refractivity contribution >= 4 is 82.4 Å². The predicted molar refractivity (Wildman–Crippen MR) is 179 cm³/mol. The van der Waals surface area contributed by atoms with Gasteiger partial charge in [-0.25, -0.2) is 0 Å². The number of halogens is 12. The molecule has 0 fully saturated rings. The molecule has 17 heteroatoms. The molecule has 0 radical (unpaired) electrons. The average molecular weight is 1030 g/mol. The van der Waals surface area contributed by atoms with Crippen molar-refractivity contribution in [2.75, 3.05) is 0 Å². The van der Waals surface area contributed by atoms with E-state index in [0.29, 0.717) is 0 Å². The van der Waals surface area contributed by atoms with E-state index in [0.717, 1.165) is 0 Å². The SMILES string of the molecule is [F-].[F-].[F-].[F-].[F-].[F-].[F-].[F-].[F-].[F-].[F-].[F-].[Sb+5].[Sb+5].c1ccc([S+](c2ccccc2)c2ccc(Sc3ccc([S+](c4ccccc4)c4ccccc4)cc3)cc2)cc1. The predicted octanol–water partition coefficient (Wildman–Crippen LogP) is -26.7. The maximum Gasteiger partial charge on any atom is 5.00 e. The molecule has 0 aliphatic carbocycles. The van der Waals surface area contributed by atoms with Crippen LogP contribution in [0.3, 0.4) is 0 Å². The first-order valence-corrected chi connectivity index (χ1v) is 16.2. The molecule has 0 amide bonds. The molecular weight excluding hydrogens is 1000 g/mol. The maximum atomic E-state index is 2.29. The minimum Gasteiger partial charge on any atom is -1.00 e. The fraction of sp³-hybridized carbons (Fsp3) is 0. The van der Waals surface area contributed by atoms with E-state index in [1.807, 2.05) is 11.8 Å². The molecule has 0 atom stereocenters. The Labute approximate surface area is 345 Å². The molecule has 6 rings (SSSR count). The van der Waals surface area contributed by atoms with E-state index in [-0.39, 0.29) is 127 Å². The fourth-order valence-corrected chi connectivity index (χ4v) is 9.45. The van der Waals surface area contributed by atoms with E-state index >= 15 is 0 Å². The van der Waals surface area contributed by atoms with Crippen LogP contribution in [0, 0.1) is 0 Å². The fourth-order valence-electron chi connectivity index (χ4n) is 4.47. The molecule has 0 aromatic heterocycles. The van der Waals surface area contributed by atoms with Gasteiger partial charge in [0.1, 0.15) is 0 Å². The number of hydrogen-bond acceptors (Lipinski definition) is 1. The first kappa shape index (κ1) is 71.6. The Kier molecular flexibility index (Phi) is 48.8. The minimum atomic E-state index is -0.123. The second-order valence-corrected chi connectivity index (χ2v) is 14.1. The maximum absolute atomic E-state index is 2.29. The Morgan fingerprint density at radius 1 is 0.226 bits per heavy atom. The van der Waals surface area contributed by atoms with Crippen LogP contribution in [-0.2, 0) is 21.8 Å². The zero-order chi connectivity index (χ0) is 26.3. The van der Waals surface area contributed by atoms with Gasteiger partial charge in [-0.1, -0.05) is 84.6 Å². The van der Waals surface area contributed by atoms with Crippen molar-refractivity contribution in [2.45, 2.75) is 39.2 Å². The summed E-state index contributed by atoms with van der Waals surface area (Å²) in [5.41, 5.74) is 0. The quantitative estimate of drug-likeness (QED) is 0.0832. The second-order valence-electron chi connectivity index (χ2n) is 8.91. The summed E-state index contributed by atoms with van der Waals surface area (Å²) >= 11 is 1.82. The summed E-state index contributed by atoms with van der Waals surface area (Å²) in [6.45, 7) is 0. The van der Waals surface area contributed by atoms with Crippen molar-refractivity contribution in [1.29, 1.82) is 0 Å². The van der Waals surface area contributed by atoms with Gasteiger partial charge < -0.3 is 56.5 Å². The Morgan fingerprint density at radius 2 is 0.396 bits per heavy atom. The molecule has 0 heterocycles. The van der Waals surface area contributed by atoms with E-state index < -0.39 is 0 Å². The van der Waals surface area contributed by atoms with Gasteiger partial charge in [0.25, 0.3) is 0 Å². The number of rotatable bonds is 8. The van der Waals surface area contributed by atoms with Crippen LogP contribution < -0.4 is 56.5 Å². The van der Waals surface area contributed by atoms with E-state index in [4.69, 9.17) is 0 Å². The molecule has 0 N–H and O–H groups in total. The smallest absolute Gasteiger partial charge is 1.00 e. The summed E-state index contributed by atoms with van der Waals surface area (Å²) in [5, 5.41) is 0. The molecule has 0 saturated carbocycles. The van der Waals surface area contributed by atoms with Crippen LogP contribution in [0.2, 0.25) is 0 Å². The van der Waals surface area contributed by atoms with Gasteiger partial charge in [-0.3, -0.25) is 0 Å². The monoisotopic (exact) mass is 1030 g/mol. The van der Waals surface area contributed by atoms with Crippen molar-refractivity contribution in [3.8, 4) is 0 Å². The summed E-state index contributed by atoms with van der Waals surface area (Å²) in [6.07, 6.45) is 0. The molecule has 0 aliphatic rings. The van der Waals surface area contributed by atoms with Crippen LogP contribution in [0.5, 0.6) is 0 Å². The third-order valence-corrected chi connectivity index (χ3v) is 11.7. The number of benzene rings is 6. The van der Waals surface area contributed by atoms with Gasteiger partial charge in [0.05, 0.1) is 21.8 Å². The van der Waals surface area contributed by atoms with Gasteiger partial charge >= 0.3 is 48.9 Å². The second kappa shape index (κ2) is 36.2. The Hall–Kier alpha value is -2.83. The normalized spacial score (nSPS) is 8.19. The first-order chi connectivity index (χ1) is 19.3. The Bertz CT molecular complexity index is 1430. The largest absolute Gasteiger partial charge is 5.00 e.